The molecule has 0 fully saturated rings. The smallest absolute Gasteiger partial charge is 0.244 e. The molecule has 0 aliphatic rings. The molecule has 144 valence electrons. The molecule has 6 heteroatoms. The van der Waals surface area contributed by atoms with Crippen molar-refractivity contribution in [2.24, 2.45) is 0 Å². The highest BCUT2D eigenvalue weighted by Gasteiger charge is 2.11. The molecular weight excluding hydrogens is 352 g/mol. The summed E-state index contributed by atoms with van der Waals surface area (Å²) in [6, 6.07) is 13.9. The molecule has 3 rings (SSSR count). The average Bonchev–Trinajstić information content (AvgIpc) is 3.10. The molecule has 2 heterocycles. The number of hydrogen-bond donors (Lipinski definition) is 1. The van der Waals surface area contributed by atoms with E-state index in [1.165, 1.54) is 6.08 Å². The Bertz CT molecular complexity index is 920. The van der Waals surface area contributed by atoms with Gasteiger partial charge in [0.25, 0.3) is 0 Å². The first kappa shape index (κ1) is 19.5. The Labute approximate surface area is 164 Å². The van der Waals surface area contributed by atoms with Crippen LogP contribution in [0.25, 0.3) is 17.3 Å². The quantitative estimate of drug-likeness (QED) is 0.613. The lowest BCUT2D eigenvalue weighted by molar-refractivity contribution is -0.117. The van der Waals surface area contributed by atoms with Crippen molar-refractivity contribution in [3.8, 4) is 11.3 Å². The standard InChI is InChI=1S/C22H24N4O2/c1-17(16-28-2)24-21(27)11-10-20-15-26(14-18-7-4-3-5-8-18)25-22(20)19-9-6-12-23-13-19/h3-13,15,17H,14,16H2,1-2H3,(H,24,27)/b11-10+/t17-/m1/s1. The Morgan fingerprint density at radius 3 is 2.79 bits per heavy atom. The molecular formula is C22H24N4O2. The maximum absolute atomic E-state index is 12.2. The third-order valence-corrected chi connectivity index (χ3v) is 4.13. The molecule has 6 nitrogen and oxygen atoms in total. The van der Waals surface area contributed by atoms with Crippen LogP contribution < -0.4 is 5.32 Å². The van der Waals surface area contributed by atoms with Crippen LogP contribution in [0.2, 0.25) is 0 Å². The lowest BCUT2D eigenvalue weighted by Gasteiger charge is -2.10. The molecule has 0 aliphatic heterocycles. The highest BCUT2D eigenvalue weighted by atomic mass is 16.5. The zero-order chi connectivity index (χ0) is 19.8. The van der Waals surface area contributed by atoms with Crippen molar-refractivity contribution >= 4 is 12.0 Å². The molecule has 0 bridgehead atoms. The van der Waals surface area contributed by atoms with E-state index in [1.54, 1.807) is 25.6 Å². The molecule has 2 aromatic heterocycles. The Balaban J connectivity index is 1.84. The third kappa shape index (κ3) is 5.37. The first-order chi connectivity index (χ1) is 13.7. The van der Waals surface area contributed by atoms with Crippen LogP contribution >= 0.6 is 0 Å². The van der Waals surface area contributed by atoms with Crippen molar-refractivity contribution in [3.63, 3.8) is 0 Å². The van der Waals surface area contributed by atoms with Crippen molar-refractivity contribution in [1.82, 2.24) is 20.1 Å². The number of pyridine rings is 1. The first-order valence-corrected chi connectivity index (χ1v) is 9.15. The molecule has 0 saturated carbocycles. The molecule has 28 heavy (non-hydrogen) atoms. The summed E-state index contributed by atoms with van der Waals surface area (Å²) in [7, 11) is 1.61. The summed E-state index contributed by atoms with van der Waals surface area (Å²) < 4.78 is 6.92. The molecule has 1 atom stereocenters. The van der Waals surface area contributed by atoms with Crippen molar-refractivity contribution < 1.29 is 9.53 Å². The number of carbonyl (C=O) groups excluding carboxylic acids is 1. The summed E-state index contributed by atoms with van der Waals surface area (Å²) in [5, 5.41) is 7.58. The first-order valence-electron chi connectivity index (χ1n) is 9.15. The number of aromatic nitrogens is 3. The van der Waals surface area contributed by atoms with Gasteiger partial charge in [-0.3, -0.25) is 14.5 Å². The number of hydrogen-bond acceptors (Lipinski definition) is 4. The van der Waals surface area contributed by atoms with Crippen LogP contribution in [0.3, 0.4) is 0 Å². The number of benzene rings is 1. The SMILES string of the molecule is COC[C@@H](C)NC(=O)/C=C/c1cn(Cc2ccccc2)nc1-c1cccnc1. The number of ether oxygens (including phenoxy) is 1. The minimum Gasteiger partial charge on any atom is -0.383 e. The number of carbonyl (C=O) groups is 1. The zero-order valence-corrected chi connectivity index (χ0v) is 16.1. The van der Waals surface area contributed by atoms with Gasteiger partial charge >= 0.3 is 0 Å². The fourth-order valence-corrected chi connectivity index (χ4v) is 2.89. The Morgan fingerprint density at radius 1 is 1.25 bits per heavy atom. The Morgan fingerprint density at radius 2 is 2.07 bits per heavy atom. The highest BCUT2D eigenvalue weighted by molar-refractivity contribution is 5.92. The van der Waals surface area contributed by atoms with Crippen LogP contribution in [0, 0.1) is 0 Å². The fraction of sp³-hybridized carbons (Fsp3) is 0.227. The van der Waals surface area contributed by atoms with Crippen LogP contribution in [-0.2, 0) is 16.1 Å². The van der Waals surface area contributed by atoms with Gasteiger partial charge in [-0.05, 0) is 30.7 Å². The van der Waals surface area contributed by atoms with Gasteiger partial charge in [0.2, 0.25) is 5.91 Å². The van der Waals surface area contributed by atoms with Crippen molar-refractivity contribution in [2.75, 3.05) is 13.7 Å². The molecule has 1 N–H and O–H groups in total. The second-order valence-corrected chi connectivity index (χ2v) is 6.56. The van der Waals surface area contributed by atoms with Crippen LogP contribution in [0.1, 0.15) is 18.1 Å². The van der Waals surface area contributed by atoms with Gasteiger partial charge in [-0.2, -0.15) is 5.10 Å². The molecule has 0 radical (unpaired) electrons. The minimum absolute atomic E-state index is 0.0549. The van der Waals surface area contributed by atoms with Crippen molar-refractivity contribution in [3.05, 3.63) is 78.3 Å². The highest BCUT2D eigenvalue weighted by Crippen LogP contribution is 2.23. The van der Waals surface area contributed by atoms with Gasteiger partial charge in [0.1, 0.15) is 5.69 Å². The molecule has 1 amide bonds. The third-order valence-electron chi connectivity index (χ3n) is 4.13. The van der Waals surface area contributed by atoms with Gasteiger partial charge in [-0.25, -0.2) is 0 Å². The van der Waals surface area contributed by atoms with Crippen LogP contribution in [-0.4, -0.2) is 40.4 Å². The maximum Gasteiger partial charge on any atom is 0.244 e. The normalized spacial score (nSPS) is 12.2. The Hall–Kier alpha value is -3.25. The number of methoxy groups -OCH3 is 1. The largest absolute Gasteiger partial charge is 0.383 e. The lowest BCUT2D eigenvalue weighted by atomic mass is 10.1. The van der Waals surface area contributed by atoms with E-state index in [4.69, 9.17) is 9.84 Å². The minimum atomic E-state index is -0.169. The fourth-order valence-electron chi connectivity index (χ4n) is 2.89. The summed E-state index contributed by atoms with van der Waals surface area (Å²) in [5.74, 6) is -0.169. The van der Waals surface area contributed by atoms with E-state index in [-0.39, 0.29) is 11.9 Å². The van der Waals surface area contributed by atoms with Crippen LogP contribution in [0.15, 0.2) is 67.1 Å². The maximum atomic E-state index is 12.2. The number of rotatable bonds is 8. The van der Waals surface area contributed by atoms with Crippen LogP contribution in [0.5, 0.6) is 0 Å². The zero-order valence-electron chi connectivity index (χ0n) is 16.1. The Kier molecular flexibility index (Phi) is 6.70. The van der Waals surface area contributed by atoms with Gasteiger partial charge in [-0.1, -0.05) is 30.3 Å². The summed E-state index contributed by atoms with van der Waals surface area (Å²) in [6.07, 6.45) is 8.75. The van der Waals surface area contributed by atoms with Gasteiger partial charge < -0.3 is 10.1 Å². The molecule has 0 spiro atoms. The van der Waals surface area contributed by atoms with E-state index < -0.39 is 0 Å². The molecule has 0 unspecified atom stereocenters. The van der Waals surface area contributed by atoms with Gasteiger partial charge in [0.15, 0.2) is 0 Å². The summed E-state index contributed by atoms with van der Waals surface area (Å²) in [6.45, 7) is 3.02. The molecule has 3 aromatic rings. The van der Waals surface area contributed by atoms with E-state index in [1.807, 2.05) is 48.1 Å². The summed E-state index contributed by atoms with van der Waals surface area (Å²) >= 11 is 0. The lowest BCUT2D eigenvalue weighted by Crippen LogP contribution is -2.34. The second kappa shape index (κ2) is 9.62. The summed E-state index contributed by atoms with van der Waals surface area (Å²) in [4.78, 5) is 16.3. The second-order valence-electron chi connectivity index (χ2n) is 6.56. The van der Waals surface area contributed by atoms with E-state index in [9.17, 15) is 4.79 Å². The molecule has 1 aromatic carbocycles. The van der Waals surface area contributed by atoms with E-state index in [0.29, 0.717) is 13.2 Å². The molecule has 0 aliphatic carbocycles. The van der Waals surface area contributed by atoms with E-state index in [2.05, 4.69) is 22.4 Å². The average molecular weight is 376 g/mol. The van der Waals surface area contributed by atoms with Gasteiger partial charge in [0, 0.05) is 48.9 Å². The van der Waals surface area contributed by atoms with E-state index >= 15 is 0 Å². The van der Waals surface area contributed by atoms with Gasteiger partial charge in [-0.15, -0.1) is 0 Å². The summed E-state index contributed by atoms with van der Waals surface area (Å²) in [5.41, 5.74) is 3.71. The monoisotopic (exact) mass is 376 g/mol. The predicted molar refractivity (Wildman–Crippen MR) is 110 cm³/mol. The number of nitrogens with zero attached hydrogens (tertiary/aromatic N) is 3. The van der Waals surface area contributed by atoms with Gasteiger partial charge in [0.05, 0.1) is 13.2 Å². The number of amides is 1. The van der Waals surface area contributed by atoms with Crippen LogP contribution in [0.4, 0.5) is 0 Å². The van der Waals surface area contributed by atoms with E-state index in [0.717, 1.165) is 22.4 Å². The predicted octanol–water partition coefficient (Wildman–Crippen LogP) is 3.16. The van der Waals surface area contributed by atoms with Crippen molar-refractivity contribution in [2.45, 2.75) is 19.5 Å². The molecule has 0 saturated heterocycles. The topological polar surface area (TPSA) is 69.0 Å². The van der Waals surface area contributed by atoms with Crippen molar-refractivity contribution in [1.29, 1.82) is 0 Å². The number of nitrogens with one attached hydrogen (secondary N) is 1.